The number of carbonyl (C=O) groups excluding carboxylic acids is 1. The van der Waals surface area contributed by atoms with E-state index in [0.717, 1.165) is 30.0 Å². The third kappa shape index (κ3) is 4.57. The van der Waals surface area contributed by atoms with Crippen LogP contribution in [0.15, 0.2) is 42.5 Å². The maximum Gasteiger partial charge on any atom is 0.251 e. The van der Waals surface area contributed by atoms with E-state index >= 15 is 0 Å². The SMILES string of the molecule is CCOc1ccc(C(=O)NCc2ccc(N3CCCCC3)cc2)cc1C. The lowest BCUT2D eigenvalue weighted by molar-refractivity contribution is 0.0951. The molecule has 1 fully saturated rings. The van der Waals surface area contributed by atoms with Gasteiger partial charge in [0.15, 0.2) is 0 Å². The van der Waals surface area contributed by atoms with Crippen molar-refractivity contribution in [2.75, 3.05) is 24.6 Å². The Morgan fingerprint density at radius 3 is 2.46 bits per heavy atom. The summed E-state index contributed by atoms with van der Waals surface area (Å²) in [5.74, 6) is 0.772. The van der Waals surface area contributed by atoms with Gasteiger partial charge in [0, 0.05) is 30.9 Å². The Labute approximate surface area is 156 Å². The van der Waals surface area contributed by atoms with E-state index in [2.05, 4.69) is 34.5 Å². The fraction of sp³-hybridized carbons (Fsp3) is 0.409. The number of hydrogen-bond donors (Lipinski definition) is 1. The van der Waals surface area contributed by atoms with Gasteiger partial charge in [-0.2, -0.15) is 0 Å². The van der Waals surface area contributed by atoms with Crippen LogP contribution in [-0.4, -0.2) is 25.6 Å². The Morgan fingerprint density at radius 1 is 1.08 bits per heavy atom. The van der Waals surface area contributed by atoms with Crippen LogP contribution in [0.4, 0.5) is 5.69 Å². The second-order valence-corrected chi connectivity index (χ2v) is 6.81. The first-order valence-corrected chi connectivity index (χ1v) is 9.53. The number of nitrogens with one attached hydrogen (secondary N) is 1. The second kappa shape index (κ2) is 8.75. The largest absolute Gasteiger partial charge is 0.494 e. The highest BCUT2D eigenvalue weighted by Gasteiger charge is 2.11. The molecule has 0 unspecified atom stereocenters. The Balaban J connectivity index is 1.56. The van der Waals surface area contributed by atoms with Gasteiger partial charge in [0.2, 0.25) is 0 Å². The number of ether oxygens (including phenoxy) is 1. The molecule has 1 aliphatic heterocycles. The van der Waals surface area contributed by atoms with E-state index in [0.29, 0.717) is 18.7 Å². The molecule has 0 saturated carbocycles. The van der Waals surface area contributed by atoms with Crippen molar-refractivity contribution >= 4 is 11.6 Å². The van der Waals surface area contributed by atoms with Crippen molar-refractivity contribution in [1.29, 1.82) is 0 Å². The third-order valence-electron chi connectivity index (χ3n) is 4.85. The van der Waals surface area contributed by atoms with Crippen LogP contribution < -0.4 is 15.0 Å². The zero-order valence-electron chi connectivity index (χ0n) is 15.8. The molecule has 1 heterocycles. The summed E-state index contributed by atoms with van der Waals surface area (Å²) in [5.41, 5.74) is 4.03. The first kappa shape index (κ1) is 18.3. The maximum atomic E-state index is 12.4. The first-order chi connectivity index (χ1) is 12.7. The number of carbonyl (C=O) groups is 1. The van der Waals surface area contributed by atoms with Gasteiger partial charge in [0.1, 0.15) is 5.75 Å². The maximum absolute atomic E-state index is 12.4. The van der Waals surface area contributed by atoms with E-state index in [-0.39, 0.29) is 5.91 Å². The number of hydrogen-bond acceptors (Lipinski definition) is 3. The molecule has 0 spiro atoms. The summed E-state index contributed by atoms with van der Waals surface area (Å²) in [6, 6.07) is 14.1. The van der Waals surface area contributed by atoms with Crippen molar-refractivity contribution in [2.24, 2.45) is 0 Å². The molecule has 3 rings (SSSR count). The highest BCUT2D eigenvalue weighted by Crippen LogP contribution is 2.21. The molecule has 0 aromatic heterocycles. The summed E-state index contributed by atoms with van der Waals surface area (Å²) in [6.45, 7) is 7.36. The Kier molecular flexibility index (Phi) is 6.16. The molecule has 0 aliphatic carbocycles. The lowest BCUT2D eigenvalue weighted by atomic mass is 10.1. The molecular formula is C22H28N2O2. The third-order valence-corrected chi connectivity index (χ3v) is 4.85. The van der Waals surface area contributed by atoms with Crippen molar-refractivity contribution in [3.05, 3.63) is 59.2 Å². The quantitative estimate of drug-likeness (QED) is 0.842. The zero-order chi connectivity index (χ0) is 18.4. The molecule has 1 amide bonds. The smallest absolute Gasteiger partial charge is 0.251 e. The number of aryl methyl sites for hydroxylation is 1. The summed E-state index contributed by atoms with van der Waals surface area (Å²) < 4.78 is 5.53. The molecule has 0 radical (unpaired) electrons. The number of amides is 1. The molecule has 1 N–H and O–H groups in total. The minimum absolute atomic E-state index is 0.0590. The van der Waals surface area contributed by atoms with Gasteiger partial charge in [0.25, 0.3) is 5.91 Å². The van der Waals surface area contributed by atoms with Gasteiger partial charge in [-0.3, -0.25) is 4.79 Å². The molecule has 2 aromatic carbocycles. The molecule has 4 heteroatoms. The van der Waals surface area contributed by atoms with Gasteiger partial charge in [-0.15, -0.1) is 0 Å². The molecule has 138 valence electrons. The molecule has 1 aliphatic rings. The Hall–Kier alpha value is -2.49. The zero-order valence-corrected chi connectivity index (χ0v) is 15.8. The molecule has 26 heavy (non-hydrogen) atoms. The van der Waals surface area contributed by atoms with Gasteiger partial charge < -0.3 is 15.0 Å². The topological polar surface area (TPSA) is 41.6 Å². The highest BCUT2D eigenvalue weighted by molar-refractivity contribution is 5.94. The number of piperidine rings is 1. The fourth-order valence-corrected chi connectivity index (χ4v) is 3.37. The van der Waals surface area contributed by atoms with Crippen molar-refractivity contribution < 1.29 is 9.53 Å². The van der Waals surface area contributed by atoms with Crippen LogP contribution >= 0.6 is 0 Å². The number of anilines is 1. The van der Waals surface area contributed by atoms with Crippen LogP contribution in [0.2, 0.25) is 0 Å². The minimum Gasteiger partial charge on any atom is -0.494 e. The summed E-state index contributed by atoms with van der Waals surface area (Å²) in [7, 11) is 0. The minimum atomic E-state index is -0.0590. The summed E-state index contributed by atoms with van der Waals surface area (Å²) >= 11 is 0. The van der Waals surface area contributed by atoms with Crippen molar-refractivity contribution in [1.82, 2.24) is 5.32 Å². The highest BCUT2D eigenvalue weighted by atomic mass is 16.5. The molecular weight excluding hydrogens is 324 g/mol. The van der Waals surface area contributed by atoms with Crippen LogP contribution in [0.25, 0.3) is 0 Å². The molecule has 1 saturated heterocycles. The van der Waals surface area contributed by atoms with Crippen LogP contribution in [0.5, 0.6) is 5.75 Å². The molecule has 0 bridgehead atoms. The normalized spacial score (nSPS) is 14.2. The van der Waals surface area contributed by atoms with Crippen LogP contribution in [0.1, 0.15) is 47.7 Å². The average Bonchev–Trinajstić information content (AvgIpc) is 2.69. The Morgan fingerprint density at radius 2 is 1.81 bits per heavy atom. The van der Waals surface area contributed by atoms with Crippen molar-refractivity contribution in [3.63, 3.8) is 0 Å². The standard InChI is InChI=1S/C22H28N2O2/c1-3-26-21-12-9-19(15-17(21)2)22(25)23-16-18-7-10-20(11-8-18)24-13-5-4-6-14-24/h7-12,15H,3-6,13-14,16H2,1-2H3,(H,23,25). The van der Waals surface area contributed by atoms with Gasteiger partial charge in [-0.1, -0.05) is 12.1 Å². The van der Waals surface area contributed by atoms with Crippen LogP contribution in [0.3, 0.4) is 0 Å². The number of benzene rings is 2. The average molecular weight is 352 g/mol. The van der Waals surface area contributed by atoms with E-state index in [4.69, 9.17) is 4.74 Å². The lowest BCUT2D eigenvalue weighted by Crippen LogP contribution is -2.29. The van der Waals surface area contributed by atoms with Gasteiger partial charge in [-0.25, -0.2) is 0 Å². The van der Waals surface area contributed by atoms with Crippen LogP contribution in [0, 0.1) is 6.92 Å². The second-order valence-electron chi connectivity index (χ2n) is 6.81. The van der Waals surface area contributed by atoms with Gasteiger partial charge in [0.05, 0.1) is 6.61 Å². The summed E-state index contributed by atoms with van der Waals surface area (Å²) in [6.07, 6.45) is 3.89. The molecule has 0 atom stereocenters. The van der Waals surface area contributed by atoms with E-state index in [1.54, 1.807) is 0 Å². The van der Waals surface area contributed by atoms with E-state index in [1.165, 1.54) is 24.9 Å². The summed E-state index contributed by atoms with van der Waals surface area (Å²) in [5, 5.41) is 3.00. The fourth-order valence-electron chi connectivity index (χ4n) is 3.37. The summed E-state index contributed by atoms with van der Waals surface area (Å²) in [4.78, 5) is 14.8. The van der Waals surface area contributed by atoms with Crippen molar-refractivity contribution in [2.45, 2.75) is 39.7 Å². The number of rotatable bonds is 6. The van der Waals surface area contributed by atoms with Gasteiger partial charge in [-0.05, 0) is 74.6 Å². The van der Waals surface area contributed by atoms with E-state index in [9.17, 15) is 4.79 Å². The first-order valence-electron chi connectivity index (χ1n) is 9.53. The van der Waals surface area contributed by atoms with Gasteiger partial charge >= 0.3 is 0 Å². The lowest BCUT2D eigenvalue weighted by Gasteiger charge is -2.28. The molecule has 2 aromatic rings. The monoisotopic (exact) mass is 352 g/mol. The van der Waals surface area contributed by atoms with E-state index in [1.807, 2.05) is 32.0 Å². The van der Waals surface area contributed by atoms with Crippen LogP contribution in [-0.2, 0) is 6.54 Å². The predicted molar refractivity (Wildman–Crippen MR) is 106 cm³/mol. The van der Waals surface area contributed by atoms with E-state index < -0.39 is 0 Å². The Bertz CT molecular complexity index is 734. The van der Waals surface area contributed by atoms with Crippen molar-refractivity contribution in [3.8, 4) is 5.75 Å². The predicted octanol–water partition coefficient (Wildman–Crippen LogP) is 4.31. The number of nitrogens with zero attached hydrogens (tertiary/aromatic N) is 1. The molecule has 4 nitrogen and oxygen atoms in total.